The summed E-state index contributed by atoms with van der Waals surface area (Å²) in [6.45, 7) is 2.01. The van der Waals surface area contributed by atoms with Gasteiger partial charge in [-0.3, -0.25) is 4.79 Å². The molecule has 0 saturated heterocycles. The van der Waals surface area contributed by atoms with Crippen molar-refractivity contribution in [3.8, 4) is 22.9 Å². The molecule has 136 valence electrons. The highest BCUT2D eigenvalue weighted by Crippen LogP contribution is 2.25. The van der Waals surface area contributed by atoms with Crippen LogP contribution in [-0.4, -0.2) is 28.8 Å². The van der Waals surface area contributed by atoms with Crippen LogP contribution in [0.25, 0.3) is 22.4 Å². The van der Waals surface area contributed by atoms with Crippen LogP contribution in [0.1, 0.15) is 11.1 Å². The van der Waals surface area contributed by atoms with Crippen LogP contribution in [0.5, 0.6) is 11.5 Å². The van der Waals surface area contributed by atoms with Gasteiger partial charge in [-0.2, -0.15) is 9.50 Å². The lowest BCUT2D eigenvalue weighted by atomic mass is 10.1. The number of thiazole rings is 1. The minimum Gasteiger partial charge on any atom is -0.497 e. The zero-order valence-corrected chi connectivity index (χ0v) is 15.9. The lowest BCUT2D eigenvalue weighted by Gasteiger charge is -2.06. The molecule has 0 aliphatic rings. The fourth-order valence-corrected chi connectivity index (χ4v) is 3.72. The minimum atomic E-state index is -0.195. The van der Waals surface area contributed by atoms with Crippen molar-refractivity contribution in [1.82, 2.24) is 14.6 Å². The number of ether oxygens (including phenoxy) is 2. The SMILES string of the molecule is COc1ccc(/C=c2/sc3nc(-c4cccc(C)c4)nn3c2=O)c(OC)c1. The number of fused-ring (bicyclic) bond motifs is 1. The van der Waals surface area contributed by atoms with E-state index in [2.05, 4.69) is 10.1 Å². The number of hydrogen-bond donors (Lipinski definition) is 0. The third kappa shape index (κ3) is 3.17. The van der Waals surface area contributed by atoms with E-state index in [-0.39, 0.29) is 5.56 Å². The van der Waals surface area contributed by atoms with Gasteiger partial charge in [-0.15, -0.1) is 5.10 Å². The van der Waals surface area contributed by atoms with Crippen molar-refractivity contribution < 1.29 is 9.47 Å². The number of hydrogen-bond acceptors (Lipinski definition) is 6. The Labute approximate surface area is 159 Å². The van der Waals surface area contributed by atoms with Crippen LogP contribution in [0.4, 0.5) is 0 Å². The van der Waals surface area contributed by atoms with Crippen molar-refractivity contribution in [3.05, 3.63) is 68.5 Å². The Balaban J connectivity index is 1.80. The van der Waals surface area contributed by atoms with Gasteiger partial charge in [-0.1, -0.05) is 35.1 Å². The van der Waals surface area contributed by atoms with Gasteiger partial charge in [0.2, 0.25) is 4.96 Å². The van der Waals surface area contributed by atoms with Gasteiger partial charge in [0.15, 0.2) is 5.82 Å². The van der Waals surface area contributed by atoms with Gasteiger partial charge in [-0.25, -0.2) is 0 Å². The van der Waals surface area contributed by atoms with Gasteiger partial charge in [0, 0.05) is 17.2 Å². The molecule has 0 fully saturated rings. The lowest BCUT2D eigenvalue weighted by molar-refractivity contribution is 0.393. The molecule has 2 aromatic carbocycles. The summed E-state index contributed by atoms with van der Waals surface area (Å²) >= 11 is 1.30. The zero-order valence-electron chi connectivity index (χ0n) is 15.1. The second kappa shape index (κ2) is 6.85. The van der Waals surface area contributed by atoms with E-state index < -0.39 is 0 Å². The Morgan fingerprint density at radius 1 is 1.11 bits per heavy atom. The molecule has 0 aliphatic carbocycles. The fraction of sp³-hybridized carbons (Fsp3) is 0.150. The molecule has 0 N–H and O–H groups in total. The largest absolute Gasteiger partial charge is 0.497 e. The molecule has 2 aromatic heterocycles. The second-order valence-corrected chi connectivity index (χ2v) is 7.03. The maximum absolute atomic E-state index is 12.7. The quantitative estimate of drug-likeness (QED) is 0.545. The topological polar surface area (TPSA) is 65.7 Å². The maximum Gasteiger partial charge on any atom is 0.291 e. The molecule has 4 aromatic rings. The summed E-state index contributed by atoms with van der Waals surface area (Å²) in [6, 6.07) is 13.4. The normalized spacial score (nSPS) is 11.9. The summed E-state index contributed by atoms with van der Waals surface area (Å²) in [4.78, 5) is 17.8. The van der Waals surface area contributed by atoms with Crippen molar-refractivity contribution in [3.63, 3.8) is 0 Å². The first-order chi connectivity index (χ1) is 13.1. The fourth-order valence-electron chi connectivity index (χ4n) is 2.82. The van der Waals surface area contributed by atoms with E-state index in [1.165, 1.54) is 15.9 Å². The molecule has 0 spiro atoms. The summed E-state index contributed by atoms with van der Waals surface area (Å²) in [5, 5.41) is 4.39. The molecular weight excluding hydrogens is 362 g/mol. The van der Waals surface area contributed by atoms with Crippen LogP contribution in [-0.2, 0) is 0 Å². The number of rotatable bonds is 4. The molecule has 0 atom stereocenters. The molecule has 0 aliphatic heterocycles. The van der Waals surface area contributed by atoms with E-state index >= 15 is 0 Å². The molecule has 0 amide bonds. The van der Waals surface area contributed by atoms with E-state index in [4.69, 9.17) is 9.47 Å². The van der Waals surface area contributed by atoms with Gasteiger partial charge < -0.3 is 9.47 Å². The molecular formula is C20H17N3O3S. The van der Waals surface area contributed by atoms with E-state index in [9.17, 15) is 4.79 Å². The average molecular weight is 379 g/mol. The maximum atomic E-state index is 12.7. The Hall–Kier alpha value is -3.19. The summed E-state index contributed by atoms with van der Waals surface area (Å²) in [6.07, 6.45) is 1.79. The standard InChI is InChI=1S/C20H17N3O3S/c1-12-5-4-6-14(9-12)18-21-20-23(22-18)19(24)17(27-20)10-13-7-8-15(25-2)11-16(13)26-3/h4-11H,1-3H3/b17-10+. The zero-order chi connectivity index (χ0) is 19.0. The van der Waals surface area contributed by atoms with Gasteiger partial charge in [0.05, 0.1) is 18.8 Å². The van der Waals surface area contributed by atoms with E-state index in [1.54, 1.807) is 26.4 Å². The first kappa shape index (κ1) is 17.2. The Bertz CT molecular complexity index is 1240. The molecule has 2 heterocycles. The first-order valence-electron chi connectivity index (χ1n) is 8.29. The van der Waals surface area contributed by atoms with Crippen LogP contribution in [0.2, 0.25) is 0 Å². The van der Waals surface area contributed by atoms with Gasteiger partial charge >= 0.3 is 0 Å². The Morgan fingerprint density at radius 3 is 2.67 bits per heavy atom. The second-order valence-electron chi connectivity index (χ2n) is 6.02. The number of benzene rings is 2. The molecule has 0 saturated carbocycles. The van der Waals surface area contributed by atoms with Crippen molar-refractivity contribution in [2.75, 3.05) is 14.2 Å². The molecule has 27 heavy (non-hydrogen) atoms. The van der Waals surface area contributed by atoms with Crippen LogP contribution in [0.3, 0.4) is 0 Å². The van der Waals surface area contributed by atoms with Crippen molar-refractivity contribution >= 4 is 22.4 Å². The molecule has 4 rings (SSSR count). The van der Waals surface area contributed by atoms with Crippen LogP contribution in [0.15, 0.2) is 47.3 Å². The highest BCUT2D eigenvalue weighted by Gasteiger charge is 2.12. The van der Waals surface area contributed by atoms with E-state index in [1.807, 2.05) is 43.3 Å². The average Bonchev–Trinajstić information content (AvgIpc) is 3.22. The lowest BCUT2D eigenvalue weighted by Crippen LogP contribution is -2.23. The Kier molecular flexibility index (Phi) is 4.37. The Morgan fingerprint density at radius 2 is 1.96 bits per heavy atom. The van der Waals surface area contributed by atoms with Gasteiger partial charge in [0.1, 0.15) is 11.5 Å². The first-order valence-corrected chi connectivity index (χ1v) is 9.11. The molecule has 0 unspecified atom stereocenters. The van der Waals surface area contributed by atoms with Crippen molar-refractivity contribution in [2.45, 2.75) is 6.92 Å². The number of methoxy groups -OCH3 is 2. The van der Waals surface area contributed by atoms with Crippen LogP contribution >= 0.6 is 11.3 Å². The summed E-state index contributed by atoms with van der Waals surface area (Å²) in [5.74, 6) is 1.88. The number of aryl methyl sites for hydroxylation is 1. The highest BCUT2D eigenvalue weighted by atomic mass is 32.1. The summed E-state index contributed by atoms with van der Waals surface area (Å²) < 4.78 is 12.5. The van der Waals surface area contributed by atoms with Crippen molar-refractivity contribution in [1.29, 1.82) is 0 Å². The van der Waals surface area contributed by atoms with E-state index in [0.717, 1.165) is 16.7 Å². The smallest absolute Gasteiger partial charge is 0.291 e. The van der Waals surface area contributed by atoms with E-state index in [0.29, 0.717) is 26.8 Å². The predicted octanol–water partition coefficient (Wildman–Crippen LogP) is 2.69. The monoisotopic (exact) mass is 379 g/mol. The predicted molar refractivity (Wildman–Crippen MR) is 106 cm³/mol. The third-order valence-corrected chi connectivity index (χ3v) is 5.14. The molecule has 7 heteroatoms. The number of aromatic nitrogens is 3. The van der Waals surface area contributed by atoms with Gasteiger partial charge in [0.25, 0.3) is 5.56 Å². The van der Waals surface area contributed by atoms with Crippen LogP contribution in [0, 0.1) is 6.92 Å². The van der Waals surface area contributed by atoms with Crippen LogP contribution < -0.4 is 19.6 Å². The molecule has 0 bridgehead atoms. The summed E-state index contributed by atoms with van der Waals surface area (Å²) in [7, 11) is 3.18. The van der Waals surface area contributed by atoms with Crippen molar-refractivity contribution in [2.24, 2.45) is 0 Å². The molecule has 0 radical (unpaired) electrons. The minimum absolute atomic E-state index is 0.195. The highest BCUT2D eigenvalue weighted by molar-refractivity contribution is 7.15. The number of nitrogens with zero attached hydrogens (tertiary/aromatic N) is 3. The third-order valence-electron chi connectivity index (χ3n) is 4.19. The summed E-state index contributed by atoms with van der Waals surface area (Å²) in [5.41, 5.74) is 2.61. The van der Waals surface area contributed by atoms with Gasteiger partial charge in [-0.05, 0) is 31.2 Å². The molecule has 6 nitrogen and oxygen atoms in total.